The number of carbonyl (C=O) groups is 4. The number of nitrogens with zero attached hydrogens (tertiary/aromatic N) is 3. The number of Topliss-reactive ketones (excluding diaryl/α,β-unsaturated/α-hetero) is 2. The Bertz CT molecular complexity index is 1950. The Morgan fingerprint density at radius 3 is 2.13 bits per heavy atom. The zero-order valence-electron chi connectivity index (χ0n) is 31.6. The van der Waals surface area contributed by atoms with Crippen molar-refractivity contribution < 1.29 is 48.7 Å². The molecule has 302 valence electrons. The van der Waals surface area contributed by atoms with Gasteiger partial charge in [-0.2, -0.15) is 0 Å². The van der Waals surface area contributed by atoms with Crippen molar-refractivity contribution in [3.05, 3.63) is 75.2 Å². The molecule has 0 aromatic heterocycles. The van der Waals surface area contributed by atoms with E-state index in [0.29, 0.717) is 10.6 Å². The van der Waals surface area contributed by atoms with Gasteiger partial charge in [-0.05, 0) is 100 Å². The summed E-state index contributed by atoms with van der Waals surface area (Å²) in [6.07, 6.45) is 0.324. The highest BCUT2D eigenvalue weighted by molar-refractivity contribution is 8.68. The first-order valence-corrected chi connectivity index (χ1v) is 21.4. The number of amides is 2. The van der Waals surface area contributed by atoms with Crippen molar-refractivity contribution in [3.8, 4) is 5.75 Å². The van der Waals surface area contributed by atoms with Crippen LogP contribution >= 0.6 is 41.1 Å². The van der Waals surface area contributed by atoms with Crippen LogP contribution in [0.4, 0.5) is 11.4 Å². The summed E-state index contributed by atoms with van der Waals surface area (Å²) in [6.45, 7) is 3.92. The molecule has 0 unspecified atom stereocenters. The van der Waals surface area contributed by atoms with E-state index >= 15 is 0 Å². The van der Waals surface area contributed by atoms with Crippen LogP contribution in [0.15, 0.2) is 59.1 Å². The van der Waals surface area contributed by atoms with Gasteiger partial charge in [0.25, 0.3) is 5.91 Å². The minimum atomic E-state index is -2.63. The Hall–Kier alpha value is -3.18. The first-order valence-electron chi connectivity index (χ1n) is 16.8. The number of phenolic OH excluding ortho intramolecular Hbond substituents is 1. The molecule has 0 spiro atoms. The number of hydrogen-bond donors (Lipinski definition) is 5. The van der Waals surface area contributed by atoms with Gasteiger partial charge in [-0.25, -0.2) is 0 Å². The van der Waals surface area contributed by atoms with Crippen LogP contribution in [-0.4, -0.2) is 115 Å². The van der Waals surface area contributed by atoms with Crippen LogP contribution in [0, 0.1) is 11.8 Å². The maximum absolute atomic E-state index is 13.5. The van der Waals surface area contributed by atoms with Crippen molar-refractivity contribution in [2.24, 2.45) is 17.6 Å². The van der Waals surface area contributed by atoms with E-state index in [1.165, 1.54) is 36.6 Å². The van der Waals surface area contributed by atoms with Gasteiger partial charge < -0.3 is 45.0 Å². The van der Waals surface area contributed by atoms with Gasteiger partial charge in [-0.3, -0.25) is 24.1 Å². The van der Waals surface area contributed by atoms with Gasteiger partial charge in [0.05, 0.1) is 17.4 Å². The number of aliphatic hydroxyl groups is 3. The number of primary amides is 1. The molecule has 2 aromatic rings. The maximum Gasteiger partial charge on any atom is 0.255 e. The van der Waals surface area contributed by atoms with E-state index in [2.05, 4.69) is 0 Å². The average Bonchev–Trinajstić information content (AvgIpc) is 3.09. The summed E-state index contributed by atoms with van der Waals surface area (Å²) in [5, 5.41) is 44.6. The monoisotopic (exact) mass is 860 g/mol. The Morgan fingerprint density at radius 2 is 1.64 bits per heavy atom. The first kappa shape index (κ1) is 46.2. The van der Waals surface area contributed by atoms with Gasteiger partial charge >= 0.3 is 0 Å². The largest absolute Gasteiger partial charge is 0.510 e. The number of allylic oxidation sites excluding steroid dienone is 1. The van der Waals surface area contributed by atoms with E-state index in [1.807, 2.05) is 26.0 Å². The highest BCUT2D eigenvalue weighted by Gasteiger charge is 2.63. The van der Waals surface area contributed by atoms with Crippen molar-refractivity contribution in [2.75, 3.05) is 58.0 Å². The van der Waals surface area contributed by atoms with Crippen molar-refractivity contribution >= 4 is 87.6 Å². The topological polar surface area (TPSA) is 203 Å². The van der Waals surface area contributed by atoms with E-state index in [4.69, 9.17) is 38.2 Å². The summed E-state index contributed by atoms with van der Waals surface area (Å²) in [5.41, 5.74) is 1.41. The molecule has 0 saturated heterocycles. The number of carbonyl (C=O) groups excluding carboxylic acids is 4. The summed E-state index contributed by atoms with van der Waals surface area (Å²) < 4.78 is 10.4. The Morgan fingerprint density at radius 1 is 1.05 bits per heavy atom. The second-order valence-corrected chi connectivity index (χ2v) is 20.7. The summed E-state index contributed by atoms with van der Waals surface area (Å²) in [6, 6.07) is 9.28. The lowest BCUT2D eigenvalue weighted by atomic mass is 9.58. The highest BCUT2D eigenvalue weighted by atomic mass is 35.5. The van der Waals surface area contributed by atoms with Gasteiger partial charge in [0.2, 0.25) is 17.4 Å². The lowest BCUT2D eigenvalue weighted by molar-refractivity contribution is -0.148. The minimum absolute atomic E-state index is 0. The van der Waals surface area contributed by atoms with Crippen LogP contribution < -0.4 is 15.5 Å². The molecule has 14 nitrogen and oxygen atoms in total. The summed E-state index contributed by atoms with van der Waals surface area (Å²) in [4.78, 5) is 56.2. The van der Waals surface area contributed by atoms with Crippen molar-refractivity contribution in [2.45, 2.75) is 44.4 Å². The standard InChI is InChI=1S/C23H27N3O7.C13H19ClNO3PS2.ClH/c1-25(2)12-5-6-13(27)15-10(12)7-9-8-11-17(26(3)4)19(29)16(22(24)32)21(31)23(11,33)20(30)14(9)18(15)28;1-10(2)15(12-7-5-11(14)6-8-12)13(16)9-21-19(20,17-3)18-4;/h5-6,9,11,17,27,29-30,33H,7-8H2,1-4H3,(H2,24,32);5-8,10H,9H2,1-4H3;1H/t9-,11-,17-,23-;;/m0../s1. The molecule has 3 aliphatic rings. The second kappa shape index (κ2) is 18.0. The van der Waals surface area contributed by atoms with Crippen LogP contribution in [0.25, 0.3) is 0 Å². The average molecular weight is 862 g/mol. The Kier molecular flexibility index (Phi) is 15.1. The van der Waals surface area contributed by atoms with Gasteiger partial charge in [0.1, 0.15) is 22.8 Å². The van der Waals surface area contributed by atoms with E-state index in [1.54, 1.807) is 56.2 Å². The van der Waals surface area contributed by atoms with Crippen LogP contribution in [0.2, 0.25) is 5.02 Å². The summed E-state index contributed by atoms with van der Waals surface area (Å²) >= 11 is 12.4. The molecule has 3 aliphatic carbocycles. The van der Waals surface area contributed by atoms with Crippen molar-refractivity contribution in [1.29, 1.82) is 0 Å². The van der Waals surface area contributed by atoms with Gasteiger partial charge in [-0.15, -0.1) is 12.4 Å². The quantitative estimate of drug-likeness (QED) is 0.159. The normalized spacial score (nSPS) is 21.9. The van der Waals surface area contributed by atoms with Crippen molar-refractivity contribution in [3.63, 3.8) is 0 Å². The molecular weight excluding hydrogens is 814 g/mol. The molecule has 19 heteroatoms. The van der Waals surface area contributed by atoms with Gasteiger partial charge in [-0.1, -0.05) is 23.0 Å². The van der Waals surface area contributed by atoms with E-state index < -0.39 is 63.7 Å². The molecule has 0 aliphatic heterocycles. The molecule has 6 N–H and O–H groups in total. The fourth-order valence-corrected chi connectivity index (χ4v) is 10.2. The fourth-order valence-electron chi connectivity index (χ4n) is 7.37. The highest BCUT2D eigenvalue weighted by Crippen LogP contribution is 2.59. The number of anilines is 2. The number of nitrogens with two attached hydrogens (primary N) is 1. The third kappa shape index (κ3) is 8.73. The smallest absolute Gasteiger partial charge is 0.255 e. The molecule has 55 heavy (non-hydrogen) atoms. The molecule has 5 rings (SSSR count). The third-order valence-electron chi connectivity index (χ3n) is 9.75. The zero-order chi connectivity index (χ0) is 40.6. The number of fused-ring (bicyclic) bond motifs is 3. The number of aromatic hydroxyl groups is 1. The zero-order valence-corrected chi connectivity index (χ0v) is 35.7. The fraction of sp³-hybridized carbons (Fsp3) is 0.444. The molecule has 0 radical (unpaired) electrons. The molecular formula is C36H47Cl2N4O10PS2. The predicted octanol–water partition coefficient (Wildman–Crippen LogP) is 4.94. The number of likely N-dealkylation sites (N-methyl/N-ethyl adjacent to an activating group) is 1. The minimum Gasteiger partial charge on any atom is -0.510 e. The van der Waals surface area contributed by atoms with Gasteiger partial charge in [0.15, 0.2) is 11.4 Å². The molecule has 0 heterocycles. The number of halogens is 2. The molecule has 4 atom stereocenters. The van der Waals surface area contributed by atoms with E-state index in [0.717, 1.165) is 11.4 Å². The lowest BCUT2D eigenvalue weighted by Gasteiger charge is -2.50. The number of phenols is 1. The number of ketones is 2. The number of benzene rings is 2. The van der Waals surface area contributed by atoms with Crippen molar-refractivity contribution in [1.82, 2.24) is 4.90 Å². The molecule has 2 aromatic carbocycles. The second-order valence-electron chi connectivity index (χ2n) is 13.7. The predicted molar refractivity (Wildman–Crippen MR) is 220 cm³/mol. The summed E-state index contributed by atoms with van der Waals surface area (Å²) in [7, 11) is 9.79. The maximum atomic E-state index is 13.5. The van der Waals surface area contributed by atoms with Crippen LogP contribution in [0.3, 0.4) is 0 Å². The van der Waals surface area contributed by atoms with E-state index in [9.17, 15) is 39.6 Å². The third-order valence-corrected chi connectivity index (χ3v) is 15.7. The first-order chi connectivity index (χ1) is 25.2. The number of aliphatic hydroxyl groups excluding tert-OH is 2. The Labute approximate surface area is 340 Å². The number of rotatable bonds is 10. The number of hydrogen-bond acceptors (Lipinski definition) is 14. The molecule has 0 fully saturated rings. The van der Waals surface area contributed by atoms with Crippen LogP contribution in [0.1, 0.15) is 36.2 Å². The van der Waals surface area contributed by atoms with Crippen LogP contribution in [0.5, 0.6) is 5.75 Å². The SMILES string of the molecule is CN(C)c1ccc(O)c2c1C[C@H]1C[C@H]3[C@H](N(C)C)C(O)=C(C(N)=O)C(=O)[C@@]3(O)C(O)=C1C2=O.COP(=S)(OC)SCC(=O)N(c1ccc(Cl)cc1)C(C)C.Cl. The molecule has 0 bridgehead atoms. The Balaban J connectivity index is 0.000000321. The molecule has 2 amide bonds. The van der Waals surface area contributed by atoms with Gasteiger partial charge in [0, 0.05) is 62.2 Å². The van der Waals surface area contributed by atoms with Crippen LogP contribution in [-0.2, 0) is 41.7 Å². The lowest BCUT2D eigenvalue weighted by Crippen LogP contribution is -2.63. The van der Waals surface area contributed by atoms with E-state index in [-0.39, 0.29) is 59.8 Å². The summed E-state index contributed by atoms with van der Waals surface area (Å²) in [5.74, 6) is -6.37. The molecule has 0 saturated carbocycles.